The molecule has 2 aromatic heterocycles. The van der Waals surface area contributed by atoms with Crippen molar-refractivity contribution >= 4 is 37.1 Å². The minimum absolute atomic E-state index is 0. The quantitative estimate of drug-likeness (QED) is 0.0803. The Morgan fingerprint density at radius 3 is 1.63 bits per heavy atom. The molecule has 14 nitrogen and oxygen atoms in total. The summed E-state index contributed by atoms with van der Waals surface area (Å²) in [4.78, 5) is 14.1. The van der Waals surface area contributed by atoms with Crippen LogP contribution >= 0.6 is 0 Å². The van der Waals surface area contributed by atoms with Gasteiger partial charge in [-0.3, -0.25) is 4.79 Å². The molecule has 323 valence electrons. The molecule has 0 saturated carbocycles. The first kappa shape index (κ1) is 51.0. The number of hydrogen-bond acceptors (Lipinski definition) is 12. The van der Waals surface area contributed by atoms with E-state index < -0.39 is 23.5 Å². The van der Waals surface area contributed by atoms with Crippen molar-refractivity contribution < 1.29 is 76.7 Å². The van der Waals surface area contributed by atoms with Crippen LogP contribution in [-0.4, -0.2) is 86.3 Å². The number of rotatable bonds is 13. The molecule has 62 heavy (non-hydrogen) atoms. The van der Waals surface area contributed by atoms with E-state index in [2.05, 4.69) is 41.5 Å². The van der Waals surface area contributed by atoms with Crippen LogP contribution in [0.25, 0.3) is 22.8 Å². The van der Waals surface area contributed by atoms with Gasteiger partial charge in [-0.2, -0.15) is 35.9 Å². The number of ether oxygens (including phenoxy) is 2. The van der Waals surface area contributed by atoms with Gasteiger partial charge in [0, 0.05) is 62.1 Å². The molecule has 0 bridgehead atoms. The van der Waals surface area contributed by atoms with Crippen molar-refractivity contribution in [2.75, 3.05) is 37.1 Å². The number of nitrogens with zero attached hydrogens (tertiary/aromatic N) is 8. The molecule has 6 aromatic rings. The average Bonchev–Trinajstić information content (AvgIpc) is 4.05. The van der Waals surface area contributed by atoms with Crippen molar-refractivity contribution in [2.24, 2.45) is 0 Å². The number of nitrogens with one attached hydrogen (secondary N) is 2. The summed E-state index contributed by atoms with van der Waals surface area (Å²) in [5.74, 6) is 0.264. The van der Waals surface area contributed by atoms with Crippen LogP contribution in [0.2, 0.25) is 0 Å². The van der Waals surface area contributed by atoms with E-state index in [1.807, 2.05) is 0 Å². The third-order valence-corrected chi connectivity index (χ3v) is 8.34. The van der Waals surface area contributed by atoms with Gasteiger partial charge in [0.15, 0.2) is 0 Å². The molecule has 3 radical (unpaired) electrons. The number of tetrazole rings is 2. The summed E-state index contributed by atoms with van der Waals surface area (Å²) in [6.07, 6.45) is -5.68. The van der Waals surface area contributed by atoms with Crippen LogP contribution in [0.3, 0.4) is 0 Å². The first-order chi connectivity index (χ1) is 28.8. The van der Waals surface area contributed by atoms with E-state index >= 15 is 0 Å². The zero-order chi connectivity index (χ0) is 43.0. The maximum atomic E-state index is 12.9. The molecule has 1 aliphatic rings. The Hall–Kier alpha value is -5.35. The fraction of sp³-hybridized carbons (Fsp3) is 0.325. The normalized spacial score (nSPS) is 12.1. The van der Waals surface area contributed by atoms with Crippen LogP contribution in [0.15, 0.2) is 97.1 Å². The molecule has 0 aliphatic carbocycles. The third kappa shape index (κ3) is 15.8. The largest absolute Gasteiger partial charge is 1.00 e. The molecule has 1 saturated heterocycles. The molecule has 22 heteroatoms. The van der Waals surface area contributed by atoms with E-state index in [9.17, 15) is 31.1 Å². The van der Waals surface area contributed by atoms with Crippen molar-refractivity contribution in [1.29, 1.82) is 0 Å². The molecular formula is C40H43BF6N10NaO4. The van der Waals surface area contributed by atoms with E-state index in [0.29, 0.717) is 53.6 Å². The zero-order valence-electron chi connectivity index (χ0n) is 34.9. The number of para-hydroxylation sites is 2. The van der Waals surface area contributed by atoms with Crippen molar-refractivity contribution in [3.8, 4) is 22.8 Å². The molecule has 0 atom stereocenters. The number of aromatic nitrogens is 8. The topological polar surface area (TPSA) is 167 Å². The number of carbonyl (C=O) groups is 1. The summed E-state index contributed by atoms with van der Waals surface area (Å²) in [6, 6.07) is 23.8. The number of alkyl halides is 6. The summed E-state index contributed by atoms with van der Waals surface area (Å²) < 4.78 is 87.3. The molecule has 0 unspecified atom stereocenters. The van der Waals surface area contributed by atoms with Gasteiger partial charge >= 0.3 is 47.9 Å². The van der Waals surface area contributed by atoms with Crippen LogP contribution in [0.5, 0.6) is 0 Å². The second kappa shape index (κ2) is 24.9. The monoisotopic (exact) mass is 875 g/mol. The number of carbonyl (C=O) groups excluding carboxylic acids is 1. The molecule has 7 rings (SSSR count). The third-order valence-electron chi connectivity index (χ3n) is 8.34. The molecule has 1 aliphatic heterocycles. The first-order valence-corrected chi connectivity index (χ1v) is 18.8. The number of halogens is 6. The second-order valence-electron chi connectivity index (χ2n) is 12.9. The maximum absolute atomic E-state index is 12.9. The van der Waals surface area contributed by atoms with E-state index in [-0.39, 0.29) is 76.5 Å². The van der Waals surface area contributed by atoms with Crippen molar-refractivity contribution in [3.63, 3.8) is 0 Å². The van der Waals surface area contributed by atoms with Crippen LogP contribution in [0.4, 0.5) is 49.1 Å². The van der Waals surface area contributed by atoms with Gasteiger partial charge in [-0.15, -0.1) is 20.4 Å². The zero-order valence-corrected chi connectivity index (χ0v) is 35.9. The number of benzene rings is 4. The Kier molecular flexibility index (Phi) is 20.5. The van der Waals surface area contributed by atoms with Crippen molar-refractivity contribution in [1.82, 2.24) is 40.4 Å². The standard InChI is InChI=1S/C19H18F3N5O2.C17H16F3N5O.C4H8O.B.Na.H/c1-2-29-17(28)10-11-27-25-18(24-26-27)15-8-3-4-9-16(15)23-14-7-5-6-13(12-14)19(20,21)22;18-17(19,20)12-5-3-6-13(11-12)21-15-8-2-1-7-14(15)16-22-24-25(23-16)9-4-10-26;1-2-4-5-3-1;;;/h3-9,12,23H,2,10-11H2,1H3;1-3,5-8,11,21,26H,4,9-10H2;1-4H2;;;/q;;;;+1;-1. The summed E-state index contributed by atoms with van der Waals surface area (Å²) >= 11 is 0. The van der Waals surface area contributed by atoms with E-state index in [4.69, 9.17) is 14.6 Å². The number of esters is 1. The summed E-state index contributed by atoms with van der Waals surface area (Å²) in [6.45, 7) is 4.66. The Morgan fingerprint density at radius 1 is 0.742 bits per heavy atom. The molecule has 4 aromatic carbocycles. The van der Waals surface area contributed by atoms with Crippen molar-refractivity contribution in [3.05, 3.63) is 108 Å². The van der Waals surface area contributed by atoms with E-state index in [0.717, 1.165) is 37.5 Å². The Morgan fingerprint density at radius 2 is 1.21 bits per heavy atom. The number of aliphatic hydroxyl groups is 1. The van der Waals surface area contributed by atoms with Crippen LogP contribution < -0.4 is 40.2 Å². The number of aryl methyl sites for hydroxylation is 2. The Balaban J connectivity index is 0.000000374. The predicted octanol–water partition coefficient (Wildman–Crippen LogP) is 5.07. The van der Waals surface area contributed by atoms with Gasteiger partial charge in [0.2, 0.25) is 11.6 Å². The average molecular weight is 876 g/mol. The minimum atomic E-state index is -4.43. The predicted molar refractivity (Wildman–Crippen MR) is 216 cm³/mol. The van der Waals surface area contributed by atoms with Crippen LogP contribution in [0, 0.1) is 0 Å². The molecule has 0 amide bonds. The fourth-order valence-corrected chi connectivity index (χ4v) is 5.47. The molecule has 1 fully saturated rings. The SMILES string of the molecule is C1CCOC1.CCOC(=O)CCn1nnc(-c2ccccc2Nc2cccc(C(F)(F)F)c2)n1.OCCCn1nnc(-c2ccccc2Nc2cccc(C(F)(F)F)c2)n1.[B].[H-].[Na+]. The maximum Gasteiger partial charge on any atom is 1.00 e. The van der Waals surface area contributed by atoms with E-state index in [1.54, 1.807) is 61.5 Å². The van der Waals surface area contributed by atoms with Gasteiger partial charge in [0.25, 0.3) is 0 Å². The molecule has 3 N–H and O–H groups in total. The summed E-state index contributed by atoms with van der Waals surface area (Å²) in [5.41, 5.74) is 1.37. The van der Waals surface area contributed by atoms with Gasteiger partial charge < -0.3 is 26.6 Å². The minimum Gasteiger partial charge on any atom is -1.00 e. The molecule has 0 spiro atoms. The van der Waals surface area contributed by atoms with Crippen LogP contribution in [0.1, 0.15) is 45.2 Å². The van der Waals surface area contributed by atoms with E-state index in [1.165, 1.54) is 40.6 Å². The fourth-order valence-electron chi connectivity index (χ4n) is 5.47. The Labute approximate surface area is 378 Å². The Bertz CT molecular complexity index is 2270. The van der Waals surface area contributed by atoms with Gasteiger partial charge in [-0.25, -0.2) is 0 Å². The smallest absolute Gasteiger partial charge is 1.00 e. The summed E-state index contributed by atoms with van der Waals surface area (Å²) in [7, 11) is 0. The molecular weight excluding hydrogens is 832 g/mol. The second-order valence-corrected chi connectivity index (χ2v) is 12.9. The van der Waals surface area contributed by atoms with Crippen molar-refractivity contribution in [2.45, 2.75) is 58.0 Å². The number of aliphatic hydroxyl groups excluding tert-OH is 1. The van der Waals surface area contributed by atoms with Gasteiger partial charge in [-0.05, 0) is 97.3 Å². The summed E-state index contributed by atoms with van der Waals surface area (Å²) in [5, 5.41) is 39.1. The van der Waals surface area contributed by atoms with Gasteiger partial charge in [0.1, 0.15) is 0 Å². The van der Waals surface area contributed by atoms with Gasteiger partial charge in [-0.1, -0.05) is 36.4 Å². The van der Waals surface area contributed by atoms with Crippen LogP contribution in [-0.2, 0) is 39.7 Å². The van der Waals surface area contributed by atoms with Gasteiger partial charge in [0.05, 0.1) is 37.2 Å². The first-order valence-electron chi connectivity index (χ1n) is 18.8. The molecule has 3 heterocycles. The number of anilines is 4. The number of hydrogen-bond donors (Lipinski definition) is 3.